The predicted octanol–water partition coefficient (Wildman–Crippen LogP) is 1.72. The number of fused-ring (bicyclic) bond motifs is 1. The standard InChI is InChI=1S/C17H19N5O2/c1-21-10-19-9-15(21)16-7-13(3-5-24-16)20-17(23)12-2-4-22-11-18-8-14(22)6-12/h2,4,6,8-11,13,16H,3,5,7H2,1H3,(H,20,23)/t13-,16+/m1/s1. The molecule has 0 bridgehead atoms. The molecular weight excluding hydrogens is 306 g/mol. The van der Waals surface area contributed by atoms with Crippen LogP contribution in [0.3, 0.4) is 0 Å². The van der Waals surface area contributed by atoms with Gasteiger partial charge in [-0.1, -0.05) is 0 Å². The number of amides is 1. The zero-order valence-electron chi connectivity index (χ0n) is 13.4. The second-order valence-corrected chi connectivity index (χ2v) is 6.12. The Balaban J connectivity index is 1.46. The first kappa shape index (κ1) is 14.9. The molecule has 1 N–H and O–H groups in total. The number of aromatic nitrogens is 4. The minimum Gasteiger partial charge on any atom is -0.372 e. The largest absolute Gasteiger partial charge is 0.372 e. The van der Waals surface area contributed by atoms with Crippen molar-refractivity contribution in [2.75, 3.05) is 6.61 Å². The maximum absolute atomic E-state index is 12.5. The van der Waals surface area contributed by atoms with Gasteiger partial charge in [0.05, 0.1) is 36.3 Å². The minimum absolute atomic E-state index is 0.0335. The molecule has 2 atom stereocenters. The summed E-state index contributed by atoms with van der Waals surface area (Å²) in [5.41, 5.74) is 2.59. The van der Waals surface area contributed by atoms with Gasteiger partial charge in [-0.15, -0.1) is 0 Å². The zero-order valence-corrected chi connectivity index (χ0v) is 13.4. The van der Waals surface area contributed by atoms with E-state index in [-0.39, 0.29) is 18.1 Å². The first-order valence-electron chi connectivity index (χ1n) is 8.01. The van der Waals surface area contributed by atoms with Crippen molar-refractivity contribution in [3.05, 3.63) is 54.6 Å². The van der Waals surface area contributed by atoms with E-state index in [0.29, 0.717) is 12.2 Å². The molecule has 0 aliphatic carbocycles. The number of aryl methyl sites for hydroxylation is 1. The summed E-state index contributed by atoms with van der Waals surface area (Å²) in [5.74, 6) is -0.0608. The second kappa shape index (κ2) is 6.09. The molecule has 4 rings (SSSR count). The molecule has 0 saturated carbocycles. The molecule has 3 aromatic heterocycles. The van der Waals surface area contributed by atoms with Crippen molar-refractivity contribution in [1.82, 2.24) is 24.3 Å². The van der Waals surface area contributed by atoms with Gasteiger partial charge in [0, 0.05) is 31.5 Å². The van der Waals surface area contributed by atoms with E-state index < -0.39 is 0 Å². The molecular formula is C17H19N5O2. The summed E-state index contributed by atoms with van der Waals surface area (Å²) in [7, 11) is 1.95. The Bertz CT molecular complexity index is 869. The number of pyridine rings is 1. The Morgan fingerprint density at radius 3 is 3.04 bits per heavy atom. The van der Waals surface area contributed by atoms with Gasteiger partial charge < -0.3 is 19.0 Å². The molecule has 124 valence electrons. The monoisotopic (exact) mass is 325 g/mol. The lowest BCUT2D eigenvalue weighted by atomic mass is 10.0. The fraction of sp³-hybridized carbons (Fsp3) is 0.353. The van der Waals surface area contributed by atoms with E-state index in [9.17, 15) is 4.79 Å². The van der Waals surface area contributed by atoms with Crippen LogP contribution in [0.25, 0.3) is 5.52 Å². The average molecular weight is 325 g/mol. The number of rotatable bonds is 3. The summed E-state index contributed by atoms with van der Waals surface area (Å²) in [4.78, 5) is 20.8. The van der Waals surface area contributed by atoms with E-state index in [0.717, 1.165) is 24.1 Å². The highest BCUT2D eigenvalue weighted by Gasteiger charge is 2.27. The molecule has 7 heteroatoms. The Hall–Kier alpha value is -2.67. The van der Waals surface area contributed by atoms with E-state index in [2.05, 4.69) is 15.3 Å². The van der Waals surface area contributed by atoms with Gasteiger partial charge >= 0.3 is 0 Å². The van der Waals surface area contributed by atoms with Crippen LogP contribution in [0.1, 0.15) is 35.0 Å². The molecule has 0 unspecified atom stereocenters. The summed E-state index contributed by atoms with van der Waals surface area (Å²) >= 11 is 0. The number of ether oxygens (including phenoxy) is 1. The van der Waals surface area contributed by atoms with E-state index in [1.54, 1.807) is 18.9 Å². The molecule has 1 saturated heterocycles. The van der Waals surface area contributed by atoms with Crippen molar-refractivity contribution in [1.29, 1.82) is 0 Å². The van der Waals surface area contributed by atoms with E-state index in [1.165, 1.54) is 0 Å². The van der Waals surface area contributed by atoms with E-state index in [4.69, 9.17) is 4.74 Å². The Morgan fingerprint density at radius 2 is 2.21 bits per heavy atom. The van der Waals surface area contributed by atoms with Gasteiger partial charge in [0.1, 0.15) is 6.10 Å². The lowest BCUT2D eigenvalue weighted by Gasteiger charge is -2.30. The van der Waals surface area contributed by atoms with Crippen molar-refractivity contribution >= 4 is 11.4 Å². The van der Waals surface area contributed by atoms with Crippen LogP contribution < -0.4 is 5.32 Å². The van der Waals surface area contributed by atoms with Gasteiger partial charge in [-0.3, -0.25) is 4.79 Å². The molecule has 0 aromatic carbocycles. The van der Waals surface area contributed by atoms with Gasteiger partial charge in [-0.2, -0.15) is 0 Å². The van der Waals surface area contributed by atoms with Gasteiger partial charge in [0.2, 0.25) is 0 Å². The quantitative estimate of drug-likeness (QED) is 0.796. The van der Waals surface area contributed by atoms with Crippen molar-refractivity contribution in [3.63, 3.8) is 0 Å². The molecule has 1 aliphatic heterocycles. The highest BCUT2D eigenvalue weighted by Crippen LogP contribution is 2.27. The van der Waals surface area contributed by atoms with Gasteiger partial charge in [-0.05, 0) is 25.0 Å². The van der Waals surface area contributed by atoms with E-state index in [1.807, 2.05) is 40.5 Å². The smallest absolute Gasteiger partial charge is 0.251 e. The van der Waals surface area contributed by atoms with Crippen LogP contribution in [-0.4, -0.2) is 37.5 Å². The first-order chi connectivity index (χ1) is 11.7. The highest BCUT2D eigenvalue weighted by molar-refractivity contribution is 5.95. The molecule has 4 heterocycles. The normalized spacial score (nSPS) is 21.0. The van der Waals surface area contributed by atoms with Gasteiger partial charge in [0.25, 0.3) is 5.91 Å². The fourth-order valence-corrected chi connectivity index (χ4v) is 3.14. The van der Waals surface area contributed by atoms with E-state index >= 15 is 0 Å². The molecule has 0 radical (unpaired) electrons. The number of nitrogens with one attached hydrogen (secondary N) is 1. The number of nitrogens with zero attached hydrogens (tertiary/aromatic N) is 4. The minimum atomic E-state index is -0.0608. The van der Waals surface area contributed by atoms with Crippen LogP contribution in [0.2, 0.25) is 0 Å². The molecule has 1 fully saturated rings. The molecule has 7 nitrogen and oxygen atoms in total. The van der Waals surface area contributed by atoms with Crippen molar-refractivity contribution in [2.45, 2.75) is 25.0 Å². The lowest BCUT2D eigenvalue weighted by molar-refractivity contribution is -0.00301. The predicted molar refractivity (Wildman–Crippen MR) is 87.6 cm³/mol. The lowest BCUT2D eigenvalue weighted by Crippen LogP contribution is -2.40. The highest BCUT2D eigenvalue weighted by atomic mass is 16.5. The Labute approximate surface area is 139 Å². The molecule has 24 heavy (non-hydrogen) atoms. The number of imidazole rings is 2. The topological polar surface area (TPSA) is 73.5 Å². The molecule has 0 spiro atoms. The van der Waals surface area contributed by atoms with Crippen LogP contribution in [0.4, 0.5) is 0 Å². The maximum Gasteiger partial charge on any atom is 0.251 e. The maximum atomic E-state index is 12.5. The first-order valence-corrected chi connectivity index (χ1v) is 8.01. The summed E-state index contributed by atoms with van der Waals surface area (Å²) in [5, 5.41) is 3.13. The summed E-state index contributed by atoms with van der Waals surface area (Å²) in [6.07, 6.45) is 10.4. The number of carbonyl (C=O) groups excluding carboxylic acids is 1. The Kier molecular flexibility index (Phi) is 3.78. The third kappa shape index (κ3) is 2.78. The van der Waals surface area contributed by atoms with Crippen LogP contribution in [0.5, 0.6) is 0 Å². The summed E-state index contributed by atoms with van der Waals surface area (Å²) in [6, 6.07) is 3.75. The molecule has 3 aromatic rings. The average Bonchev–Trinajstić information content (AvgIpc) is 3.22. The number of hydrogen-bond donors (Lipinski definition) is 1. The third-order valence-electron chi connectivity index (χ3n) is 4.48. The van der Waals surface area contributed by atoms with Crippen molar-refractivity contribution in [3.8, 4) is 0 Å². The van der Waals surface area contributed by atoms with Gasteiger partial charge in [0.15, 0.2) is 0 Å². The van der Waals surface area contributed by atoms with Crippen LogP contribution >= 0.6 is 0 Å². The SMILES string of the molecule is Cn1cncc1[C@@H]1C[C@H](NC(=O)c2ccn3cncc3c2)CCO1. The van der Waals surface area contributed by atoms with Crippen molar-refractivity contribution in [2.24, 2.45) is 7.05 Å². The number of carbonyl (C=O) groups is 1. The second-order valence-electron chi connectivity index (χ2n) is 6.12. The molecule has 1 aliphatic rings. The Morgan fingerprint density at radius 1 is 1.33 bits per heavy atom. The van der Waals surface area contributed by atoms with Crippen LogP contribution in [-0.2, 0) is 11.8 Å². The van der Waals surface area contributed by atoms with Gasteiger partial charge in [-0.25, -0.2) is 9.97 Å². The van der Waals surface area contributed by atoms with Crippen LogP contribution in [0, 0.1) is 0 Å². The fourth-order valence-electron chi connectivity index (χ4n) is 3.14. The van der Waals surface area contributed by atoms with Crippen molar-refractivity contribution < 1.29 is 9.53 Å². The number of hydrogen-bond acceptors (Lipinski definition) is 4. The summed E-state index contributed by atoms with van der Waals surface area (Å²) < 4.78 is 9.68. The van der Waals surface area contributed by atoms with Crippen LogP contribution in [0.15, 0.2) is 43.4 Å². The molecule has 1 amide bonds. The third-order valence-corrected chi connectivity index (χ3v) is 4.48. The summed E-state index contributed by atoms with van der Waals surface area (Å²) in [6.45, 7) is 0.627. The zero-order chi connectivity index (χ0) is 16.5.